The molecule has 1 nitrogen and oxygen atoms in total. The Labute approximate surface area is 118 Å². The van der Waals surface area contributed by atoms with E-state index in [1.807, 2.05) is 42.5 Å². The predicted octanol–water partition coefficient (Wildman–Crippen LogP) is 5.13. The average molecular weight is 325 g/mol. The minimum atomic E-state index is 0.490. The minimum Gasteiger partial charge on any atom is -0.192 e. The summed E-state index contributed by atoms with van der Waals surface area (Å²) in [4.78, 5) is 2.13. The number of rotatable bonds is 2. The maximum absolute atomic E-state index is 8.79. The van der Waals surface area contributed by atoms with Crippen molar-refractivity contribution in [3.63, 3.8) is 0 Å². The molecule has 0 aliphatic carbocycles. The van der Waals surface area contributed by atoms with Gasteiger partial charge in [0.25, 0.3) is 0 Å². The van der Waals surface area contributed by atoms with Crippen LogP contribution in [0.25, 0.3) is 0 Å². The zero-order chi connectivity index (χ0) is 12.3. The molecule has 0 spiro atoms. The molecule has 0 aromatic heterocycles. The van der Waals surface area contributed by atoms with Gasteiger partial charge in [0.1, 0.15) is 6.07 Å². The number of halogens is 2. The van der Waals surface area contributed by atoms with Crippen LogP contribution in [0.5, 0.6) is 0 Å². The molecule has 0 aliphatic heterocycles. The molecule has 0 N–H and O–H groups in total. The molecule has 2 aromatic carbocycles. The highest BCUT2D eigenvalue weighted by molar-refractivity contribution is 9.10. The van der Waals surface area contributed by atoms with Crippen LogP contribution in [0.1, 0.15) is 5.56 Å². The molecule has 84 valence electrons. The van der Waals surface area contributed by atoms with E-state index in [0.29, 0.717) is 10.6 Å². The van der Waals surface area contributed by atoms with E-state index in [2.05, 4.69) is 15.9 Å². The predicted molar refractivity (Wildman–Crippen MR) is 74.4 cm³/mol. The molecule has 0 aliphatic rings. The molecule has 0 bridgehead atoms. The highest BCUT2D eigenvalue weighted by Gasteiger charge is 2.04. The first kappa shape index (κ1) is 12.5. The fourth-order valence-corrected chi connectivity index (χ4v) is 3.00. The van der Waals surface area contributed by atoms with Crippen molar-refractivity contribution in [1.82, 2.24) is 0 Å². The van der Waals surface area contributed by atoms with Gasteiger partial charge in [-0.05, 0) is 46.3 Å². The van der Waals surface area contributed by atoms with Crippen molar-refractivity contribution in [3.05, 3.63) is 57.5 Å². The lowest BCUT2D eigenvalue weighted by Crippen LogP contribution is -1.79. The Bertz CT molecular complexity index is 592. The van der Waals surface area contributed by atoms with Gasteiger partial charge in [0.05, 0.1) is 10.6 Å². The zero-order valence-electron chi connectivity index (χ0n) is 8.65. The van der Waals surface area contributed by atoms with E-state index in [4.69, 9.17) is 16.9 Å². The van der Waals surface area contributed by atoms with Crippen LogP contribution < -0.4 is 0 Å². The van der Waals surface area contributed by atoms with E-state index in [-0.39, 0.29) is 0 Å². The summed E-state index contributed by atoms with van der Waals surface area (Å²) in [5.41, 5.74) is 0.503. The van der Waals surface area contributed by atoms with Crippen LogP contribution in [-0.2, 0) is 0 Å². The quantitative estimate of drug-likeness (QED) is 0.765. The molecule has 0 fully saturated rings. The van der Waals surface area contributed by atoms with E-state index in [1.54, 1.807) is 17.8 Å². The zero-order valence-corrected chi connectivity index (χ0v) is 11.8. The summed E-state index contributed by atoms with van der Waals surface area (Å²) in [6.07, 6.45) is 0. The molecule has 0 saturated heterocycles. The summed E-state index contributed by atoms with van der Waals surface area (Å²) < 4.78 is 1.05. The first-order chi connectivity index (χ1) is 8.20. The van der Waals surface area contributed by atoms with Gasteiger partial charge in [0, 0.05) is 14.3 Å². The van der Waals surface area contributed by atoms with E-state index in [0.717, 1.165) is 14.3 Å². The van der Waals surface area contributed by atoms with Crippen molar-refractivity contribution >= 4 is 39.3 Å². The summed E-state index contributed by atoms with van der Waals surface area (Å²) in [5.74, 6) is 0. The fourth-order valence-electron chi connectivity index (χ4n) is 1.30. The van der Waals surface area contributed by atoms with Gasteiger partial charge in [-0.25, -0.2) is 0 Å². The SMILES string of the molecule is N#Cc1ccc(Sc2ccccc2Br)cc1Cl. The Morgan fingerprint density at radius 2 is 1.94 bits per heavy atom. The number of nitrogens with zero attached hydrogens (tertiary/aromatic N) is 1. The molecular weight excluding hydrogens is 318 g/mol. The van der Waals surface area contributed by atoms with Gasteiger partial charge >= 0.3 is 0 Å². The molecule has 0 amide bonds. The topological polar surface area (TPSA) is 23.8 Å². The number of benzene rings is 2. The minimum absolute atomic E-state index is 0.490. The lowest BCUT2D eigenvalue weighted by molar-refractivity contribution is 1.36. The normalized spacial score (nSPS) is 9.94. The van der Waals surface area contributed by atoms with Gasteiger partial charge in [0.15, 0.2) is 0 Å². The average Bonchev–Trinajstić information content (AvgIpc) is 2.32. The molecule has 0 unspecified atom stereocenters. The van der Waals surface area contributed by atoms with Gasteiger partial charge in [-0.2, -0.15) is 5.26 Å². The van der Waals surface area contributed by atoms with Crippen LogP contribution in [0.2, 0.25) is 5.02 Å². The van der Waals surface area contributed by atoms with Crippen molar-refractivity contribution in [1.29, 1.82) is 5.26 Å². The summed E-state index contributed by atoms with van der Waals surface area (Å²) in [7, 11) is 0. The number of nitriles is 1. The second kappa shape index (κ2) is 5.59. The monoisotopic (exact) mass is 323 g/mol. The molecule has 0 atom stereocenters. The van der Waals surface area contributed by atoms with Crippen molar-refractivity contribution in [2.45, 2.75) is 9.79 Å². The van der Waals surface area contributed by atoms with Gasteiger partial charge in [0.2, 0.25) is 0 Å². The molecular formula is C13H7BrClNS. The summed E-state index contributed by atoms with van der Waals surface area (Å²) >= 11 is 11.1. The maximum atomic E-state index is 8.79. The molecule has 17 heavy (non-hydrogen) atoms. The Balaban J connectivity index is 2.29. The van der Waals surface area contributed by atoms with Gasteiger partial charge in [-0.15, -0.1) is 0 Å². The van der Waals surface area contributed by atoms with Crippen LogP contribution >= 0.6 is 39.3 Å². The van der Waals surface area contributed by atoms with E-state index >= 15 is 0 Å². The van der Waals surface area contributed by atoms with Crippen molar-refractivity contribution in [3.8, 4) is 6.07 Å². The summed E-state index contributed by atoms with van der Waals surface area (Å²) in [6, 6.07) is 15.5. The van der Waals surface area contributed by atoms with Crippen LogP contribution in [0, 0.1) is 11.3 Å². The van der Waals surface area contributed by atoms with E-state index in [9.17, 15) is 0 Å². The van der Waals surface area contributed by atoms with Crippen molar-refractivity contribution < 1.29 is 0 Å². The molecule has 0 heterocycles. The Kier molecular flexibility index (Phi) is 4.11. The first-order valence-corrected chi connectivity index (χ1v) is 6.81. The molecule has 0 radical (unpaired) electrons. The van der Waals surface area contributed by atoms with Crippen LogP contribution in [0.3, 0.4) is 0 Å². The van der Waals surface area contributed by atoms with Gasteiger partial charge < -0.3 is 0 Å². The number of hydrogen-bond donors (Lipinski definition) is 0. The highest BCUT2D eigenvalue weighted by atomic mass is 79.9. The molecule has 0 saturated carbocycles. The van der Waals surface area contributed by atoms with E-state index in [1.165, 1.54) is 0 Å². The standard InChI is InChI=1S/C13H7BrClNS/c14-11-3-1-2-4-13(11)17-10-6-5-9(8-16)12(15)7-10/h1-7H. The third-order valence-electron chi connectivity index (χ3n) is 2.13. The lowest BCUT2D eigenvalue weighted by Gasteiger charge is -2.04. The van der Waals surface area contributed by atoms with Crippen LogP contribution in [0.15, 0.2) is 56.7 Å². The fraction of sp³-hybridized carbons (Fsp3) is 0. The van der Waals surface area contributed by atoms with Crippen LogP contribution in [0.4, 0.5) is 0 Å². The molecule has 2 aromatic rings. The Morgan fingerprint density at radius 3 is 2.59 bits per heavy atom. The number of hydrogen-bond acceptors (Lipinski definition) is 2. The van der Waals surface area contributed by atoms with Crippen LogP contribution in [-0.4, -0.2) is 0 Å². The highest BCUT2D eigenvalue weighted by Crippen LogP contribution is 2.34. The van der Waals surface area contributed by atoms with Gasteiger partial charge in [-0.3, -0.25) is 0 Å². The van der Waals surface area contributed by atoms with Crippen molar-refractivity contribution in [2.24, 2.45) is 0 Å². The largest absolute Gasteiger partial charge is 0.192 e. The summed E-state index contributed by atoms with van der Waals surface area (Å²) in [6.45, 7) is 0. The lowest BCUT2D eigenvalue weighted by atomic mass is 10.2. The first-order valence-electron chi connectivity index (χ1n) is 4.83. The molecule has 2 rings (SSSR count). The maximum Gasteiger partial charge on any atom is 0.101 e. The second-order valence-corrected chi connectivity index (χ2v) is 5.66. The van der Waals surface area contributed by atoms with E-state index < -0.39 is 0 Å². The smallest absolute Gasteiger partial charge is 0.101 e. The second-order valence-electron chi connectivity index (χ2n) is 3.29. The van der Waals surface area contributed by atoms with Gasteiger partial charge in [-0.1, -0.05) is 35.5 Å². The third-order valence-corrected chi connectivity index (χ3v) is 4.46. The third kappa shape index (κ3) is 3.04. The Hall–Kier alpha value is -0.950. The molecule has 4 heteroatoms. The van der Waals surface area contributed by atoms with Crippen molar-refractivity contribution in [2.75, 3.05) is 0 Å². The Morgan fingerprint density at radius 1 is 1.18 bits per heavy atom. The summed E-state index contributed by atoms with van der Waals surface area (Å²) in [5, 5.41) is 9.28.